The Morgan fingerprint density at radius 1 is 1.50 bits per heavy atom. The van der Waals surface area contributed by atoms with Crippen molar-refractivity contribution in [3.63, 3.8) is 0 Å². The molecule has 1 aromatic rings. The fraction of sp³-hybridized carbons (Fsp3) is 0.600. The van der Waals surface area contributed by atoms with Gasteiger partial charge in [-0.1, -0.05) is 0 Å². The molecule has 4 heteroatoms. The second-order valence-corrected chi connectivity index (χ2v) is 4.91. The van der Waals surface area contributed by atoms with Gasteiger partial charge in [0.2, 0.25) is 0 Å². The number of nitrogens with zero attached hydrogens (tertiary/aromatic N) is 1. The summed E-state index contributed by atoms with van der Waals surface area (Å²) < 4.78 is 0. The van der Waals surface area contributed by atoms with Crippen LogP contribution in [0.2, 0.25) is 0 Å². The van der Waals surface area contributed by atoms with E-state index in [0.29, 0.717) is 5.54 Å². The molecule has 1 spiro atoms. The molecule has 1 aromatic heterocycles. The van der Waals surface area contributed by atoms with Gasteiger partial charge in [0.1, 0.15) is 0 Å². The van der Waals surface area contributed by atoms with Crippen molar-refractivity contribution >= 4 is 28.3 Å². The summed E-state index contributed by atoms with van der Waals surface area (Å²) in [7, 11) is 0. The fourth-order valence-electron chi connectivity index (χ4n) is 2.25. The van der Waals surface area contributed by atoms with Crippen molar-refractivity contribution in [2.45, 2.75) is 18.5 Å². The molecule has 3 rings (SSSR count). The molecule has 2 saturated heterocycles. The highest BCUT2D eigenvalue weighted by molar-refractivity contribution is 8.93. The molecule has 0 aliphatic carbocycles. The van der Waals surface area contributed by atoms with Gasteiger partial charge in [0.05, 0.1) is 0 Å². The SMILES string of the molecule is Br.c1cc(CN2CCC23CNC3)cs1. The Balaban J connectivity index is 0.000000750. The summed E-state index contributed by atoms with van der Waals surface area (Å²) in [6, 6.07) is 2.24. The van der Waals surface area contributed by atoms with Crippen molar-refractivity contribution in [3.8, 4) is 0 Å². The zero-order valence-corrected chi connectivity index (χ0v) is 10.6. The van der Waals surface area contributed by atoms with Crippen molar-refractivity contribution in [2.75, 3.05) is 19.6 Å². The number of rotatable bonds is 2. The third kappa shape index (κ3) is 1.54. The van der Waals surface area contributed by atoms with Crippen LogP contribution in [0.3, 0.4) is 0 Å². The van der Waals surface area contributed by atoms with Crippen molar-refractivity contribution < 1.29 is 0 Å². The standard InChI is InChI=1S/C10H14N2S.BrH/c1-4-13-6-9(1)5-12-3-2-10(12)7-11-8-10;/h1,4,6,11H,2-3,5,7-8H2;1H. The second kappa shape index (κ2) is 3.93. The molecular weight excluding hydrogens is 260 g/mol. The topological polar surface area (TPSA) is 15.3 Å². The summed E-state index contributed by atoms with van der Waals surface area (Å²) in [6.45, 7) is 4.86. The zero-order valence-electron chi connectivity index (χ0n) is 8.03. The molecule has 2 aliphatic rings. The lowest BCUT2D eigenvalue weighted by molar-refractivity contribution is -0.0594. The number of likely N-dealkylation sites (tertiary alicyclic amines) is 1. The molecule has 2 fully saturated rings. The van der Waals surface area contributed by atoms with E-state index in [1.165, 1.54) is 31.6 Å². The summed E-state index contributed by atoms with van der Waals surface area (Å²) in [6.07, 6.45) is 1.39. The van der Waals surface area contributed by atoms with E-state index in [4.69, 9.17) is 0 Å². The highest BCUT2D eigenvalue weighted by Gasteiger charge is 2.48. The first-order valence-electron chi connectivity index (χ1n) is 4.86. The van der Waals surface area contributed by atoms with Gasteiger partial charge in [-0.25, -0.2) is 0 Å². The van der Waals surface area contributed by atoms with Gasteiger partial charge in [0.15, 0.2) is 0 Å². The molecule has 0 amide bonds. The maximum atomic E-state index is 3.37. The molecule has 78 valence electrons. The van der Waals surface area contributed by atoms with Gasteiger partial charge in [-0.2, -0.15) is 11.3 Å². The molecule has 0 saturated carbocycles. The van der Waals surface area contributed by atoms with E-state index >= 15 is 0 Å². The molecular formula is C10H15BrN2S. The maximum Gasteiger partial charge on any atom is 0.0473 e. The molecule has 0 aromatic carbocycles. The Labute approximate surface area is 99.1 Å². The van der Waals surface area contributed by atoms with Gasteiger partial charge < -0.3 is 5.32 Å². The number of hydrogen-bond donors (Lipinski definition) is 1. The Kier molecular flexibility index (Phi) is 2.98. The van der Waals surface area contributed by atoms with E-state index in [2.05, 4.69) is 27.0 Å². The lowest BCUT2D eigenvalue weighted by Gasteiger charge is -2.58. The first kappa shape index (κ1) is 10.6. The maximum absolute atomic E-state index is 3.37. The number of hydrogen-bond acceptors (Lipinski definition) is 3. The number of nitrogens with one attached hydrogen (secondary N) is 1. The summed E-state index contributed by atoms with van der Waals surface area (Å²) in [5.41, 5.74) is 2.04. The van der Waals surface area contributed by atoms with Crippen LogP contribution < -0.4 is 5.32 Å². The quantitative estimate of drug-likeness (QED) is 0.886. The Morgan fingerprint density at radius 3 is 2.79 bits per heavy atom. The van der Waals surface area contributed by atoms with E-state index in [-0.39, 0.29) is 17.0 Å². The van der Waals surface area contributed by atoms with Gasteiger partial charge in [0.25, 0.3) is 0 Å². The Bertz CT molecular complexity index is 290. The van der Waals surface area contributed by atoms with Gasteiger partial charge in [-0.3, -0.25) is 4.90 Å². The molecule has 0 bridgehead atoms. The van der Waals surface area contributed by atoms with Crippen LogP contribution in [0.5, 0.6) is 0 Å². The monoisotopic (exact) mass is 274 g/mol. The van der Waals surface area contributed by atoms with E-state index < -0.39 is 0 Å². The molecule has 1 N–H and O–H groups in total. The third-order valence-corrected chi connectivity index (χ3v) is 4.11. The zero-order chi connectivity index (χ0) is 8.73. The lowest BCUT2D eigenvalue weighted by Crippen LogP contribution is -2.75. The fourth-order valence-corrected chi connectivity index (χ4v) is 2.91. The molecule has 2 aliphatic heterocycles. The van der Waals surface area contributed by atoms with Gasteiger partial charge in [-0.05, 0) is 28.8 Å². The van der Waals surface area contributed by atoms with Crippen LogP contribution in [-0.2, 0) is 6.54 Å². The molecule has 2 nitrogen and oxygen atoms in total. The Hall–Kier alpha value is 0.1000. The van der Waals surface area contributed by atoms with Crippen LogP contribution in [-0.4, -0.2) is 30.1 Å². The average molecular weight is 275 g/mol. The van der Waals surface area contributed by atoms with Crippen LogP contribution in [0, 0.1) is 0 Å². The minimum atomic E-state index is 0. The first-order chi connectivity index (χ1) is 6.39. The van der Waals surface area contributed by atoms with Gasteiger partial charge in [0, 0.05) is 31.7 Å². The van der Waals surface area contributed by atoms with E-state index in [9.17, 15) is 0 Å². The van der Waals surface area contributed by atoms with Crippen LogP contribution in [0.25, 0.3) is 0 Å². The van der Waals surface area contributed by atoms with Gasteiger partial charge >= 0.3 is 0 Å². The first-order valence-corrected chi connectivity index (χ1v) is 5.80. The van der Waals surface area contributed by atoms with E-state index in [1.54, 1.807) is 11.3 Å². The second-order valence-electron chi connectivity index (χ2n) is 4.13. The Morgan fingerprint density at radius 2 is 2.36 bits per heavy atom. The van der Waals surface area contributed by atoms with Crippen LogP contribution in [0.15, 0.2) is 16.8 Å². The number of halogens is 1. The van der Waals surface area contributed by atoms with Crippen molar-refractivity contribution in [2.24, 2.45) is 0 Å². The third-order valence-electron chi connectivity index (χ3n) is 3.38. The minimum Gasteiger partial charge on any atom is -0.313 e. The van der Waals surface area contributed by atoms with Crippen LogP contribution in [0.4, 0.5) is 0 Å². The molecule has 0 unspecified atom stereocenters. The molecule has 0 radical (unpaired) electrons. The highest BCUT2D eigenvalue weighted by atomic mass is 79.9. The molecule has 3 heterocycles. The smallest absolute Gasteiger partial charge is 0.0473 e. The van der Waals surface area contributed by atoms with Crippen molar-refractivity contribution in [1.29, 1.82) is 0 Å². The van der Waals surface area contributed by atoms with Crippen LogP contribution >= 0.6 is 28.3 Å². The predicted octanol–water partition coefficient (Wildman–Crippen LogP) is 1.87. The van der Waals surface area contributed by atoms with Crippen LogP contribution in [0.1, 0.15) is 12.0 Å². The highest BCUT2D eigenvalue weighted by Crippen LogP contribution is 2.35. The summed E-state index contributed by atoms with van der Waals surface area (Å²) in [4.78, 5) is 2.62. The summed E-state index contributed by atoms with van der Waals surface area (Å²) >= 11 is 1.80. The largest absolute Gasteiger partial charge is 0.313 e. The predicted molar refractivity (Wildman–Crippen MR) is 65.3 cm³/mol. The summed E-state index contributed by atoms with van der Waals surface area (Å²) in [5, 5.41) is 7.80. The van der Waals surface area contributed by atoms with Crippen molar-refractivity contribution in [3.05, 3.63) is 22.4 Å². The average Bonchev–Trinajstić information content (AvgIpc) is 2.47. The summed E-state index contributed by atoms with van der Waals surface area (Å²) in [5.74, 6) is 0. The minimum absolute atomic E-state index is 0. The number of thiophene rings is 1. The van der Waals surface area contributed by atoms with Gasteiger partial charge in [-0.15, -0.1) is 17.0 Å². The molecule has 0 atom stereocenters. The van der Waals surface area contributed by atoms with E-state index in [1.807, 2.05) is 0 Å². The lowest BCUT2D eigenvalue weighted by atomic mass is 9.79. The van der Waals surface area contributed by atoms with Crippen molar-refractivity contribution in [1.82, 2.24) is 10.2 Å². The molecule has 14 heavy (non-hydrogen) atoms. The van der Waals surface area contributed by atoms with E-state index in [0.717, 1.165) is 6.54 Å². The normalized spacial score (nSPS) is 23.7.